The van der Waals surface area contributed by atoms with Crippen LogP contribution in [0.4, 0.5) is 10.1 Å². The van der Waals surface area contributed by atoms with Gasteiger partial charge in [0.15, 0.2) is 0 Å². The highest BCUT2D eigenvalue weighted by atomic mass is 32.1. The summed E-state index contributed by atoms with van der Waals surface area (Å²) in [6.45, 7) is 5.37. The van der Waals surface area contributed by atoms with E-state index in [9.17, 15) is 9.18 Å². The van der Waals surface area contributed by atoms with Crippen molar-refractivity contribution in [3.05, 3.63) is 52.5 Å². The van der Waals surface area contributed by atoms with E-state index in [4.69, 9.17) is 0 Å². The maximum absolute atomic E-state index is 13.8. The lowest BCUT2D eigenvalue weighted by Gasteiger charge is -2.36. The zero-order valence-corrected chi connectivity index (χ0v) is 14.6. The van der Waals surface area contributed by atoms with Gasteiger partial charge in [-0.05, 0) is 30.5 Å². The molecule has 1 unspecified atom stereocenters. The van der Waals surface area contributed by atoms with E-state index >= 15 is 0 Å². The van der Waals surface area contributed by atoms with Crippen LogP contribution in [0.1, 0.15) is 17.8 Å². The summed E-state index contributed by atoms with van der Waals surface area (Å²) in [4.78, 5) is 17.5. The van der Waals surface area contributed by atoms with Crippen LogP contribution >= 0.6 is 11.3 Å². The quantitative estimate of drug-likeness (QED) is 0.903. The number of benzene rings is 1. The second-order valence-corrected chi connectivity index (χ2v) is 7.00. The van der Waals surface area contributed by atoms with E-state index in [-0.39, 0.29) is 17.8 Å². The van der Waals surface area contributed by atoms with Crippen molar-refractivity contribution in [2.75, 3.05) is 37.6 Å². The molecule has 0 aliphatic carbocycles. The van der Waals surface area contributed by atoms with Crippen molar-refractivity contribution in [1.29, 1.82) is 0 Å². The van der Waals surface area contributed by atoms with E-state index in [1.807, 2.05) is 35.4 Å². The third-order valence-corrected chi connectivity index (χ3v) is 5.34. The number of anilines is 1. The highest BCUT2D eigenvalue weighted by molar-refractivity contribution is 7.10. The number of rotatable bonds is 5. The molecule has 24 heavy (non-hydrogen) atoms. The number of piperazine rings is 1. The molecule has 1 atom stereocenters. The fourth-order valence-corrected chi connectivity index (χ4v) is 3.69. The molecule has 1 fully saturated rings. The van der Waals surface area contributed by atoms with Gasteiger partial charge in [0.05, 0.1) is 18.3 Å². The zero-order chi connectivity index (χ0) is 16.9. The predicted octanol–water partition coefficient (Wildman–Crippen LogP) is 2.89. The van der Waals surface area contributed by atoms with E-state index in [0.29, 0.717) is 12.2 Å². The van der Waals surface area contributed by atoms with Gasteiger partial charge in [-0.1, -0.05) is 18.2 Å². The third kappa shape index (κ3) is 4.13. The molecule has 2 aromatic rings. The SMILES string of the molecule is CC(NC(=O)CN1CCN(c2ccccc2F)CC1)c1cccs1. The second-order valence-electron chi connectivity index (χ2n) is 6.02. The first-order valence-corrected chi connectivity index (χ1v) is 9.06. The fourth-order valence-electron chi connectivity index (χ4n) is 2.95. The van der Waals surface area contributed by atoms with Gasteiger partial charge in [-0.15, -0.1) is 11.3 Å². The predicted molar refractivity (Wildman–Crippen MR) is 95.9 cm³/mol. The van der Waals surface area contributed by atoms with Crippen LogP contribution in [0.25, 0.3) is 0 Å². The molecule has 0 radical (unpaired) electrons. The summed E-state index contributed by atoms with van der Waals surface area (Å²) in [6.07, 6.45) is 0. The first kappa shape index (κ1) is 16.9. The standard InChI is InChI=1S/C18H22FN3OS/c1-14(17-7-4-12-24-17)20-18(23)13-21-8-10-22(11-9-21)16-6-3-2-5-15(16)19/h2-7,12,14H,8-11,13H2,1H3,(H,20,23). The number of nitrogens with one attached hydrogen (secondary N) is 1. The first-order valence-electron chi connectivity index (χ1n) is 8.18. The molecule has 6 heteroatoms. The van der Waals surface area contributed by atoms with Gasteiger partial charge in [-0.3, -0.25) is 9.69 Å². The molecule has 0 saturated carbocycles. The monoisotopic (exact) mass is 347 g/mol. The van der Waals surface area contributed by atoms with Crippen LogP contribution in [-0.2, 0) is 4.79 Å². The molecule has 1 amide bonds. The van der Waals surface area contributed by atoms with Crippen molar-refractivity contribution in [2.24, 2.45) is 0 Å². The lowest BCUT2D eigenvalue weighted by Crippen LogP contribution is -2.49. The Hall–Kier alpha value is -1.92. The molecule has 3 rings (SSSR count). The zero-order valence-electron chi connectivity index (χ0n) is 13.7. The van der Waals surface area contributed by atoms with Crippen molar-refractivity contribution in [3.8, 4) is 0 Å². The third-order valence-electron chi connectivity index (χ3n) is 4.28. The minimum absolute atomic E-state index is 0.0373. The van der Waals surface area contributed by atoms with E-state index in [1.165, 1.54) is 6.07 Å². The molecule has 1 aromatic carbocycles. The molecular weight excluding hydrogens is 325 g/mol. The van der Waals surface area contributed by atoms with Gasteiger partial charge in [-0.25, -0.2) is 4.39 Å². The average Bonchev–Trinajstić information content (AvgIpc) is 3.11. The number of amides is 1. The van der Waals surface area contributed by atoms with E-state index in [1.54, 1.807) is 23.5 Å². The Bertz CT molecular complexity index is 669. The maximum Gasteiger partial charge on any atom is 0.234 e. The Kier molecular flexibility index (Phi) is 5.48. The van der Waals surface area contributed by atoms with Crippen molar-refractivity contribution in [3.63, 3.8) is 0 Å². The number of hydrogen-bond donors (Lipinski definition) is 1. The number of halogens is 1. The summed E-state index contributed by atoms with van der Waals surface area (Å²) < 4.78 is 13.8. The Balaban J connectivity index is 1.47. The van der Waals surface area contributed by atoms with E-state index < -0.39 is 0 Å². The molecular formula is C18H22FN3OS. The van der Waals surface area contributed by atoms with Crippen molar-refractivity contribution in [1.82, 2.24) is 10.2 Å². The first-order chi connectivity index (χ1) is 11.6. The Labute approximate surface area is 145 Å². The molecule has 128 valence electrons. The minimum Gasteiger partial charge on any atom is -0.367 e. The van der Waals surface area contributed by atoms with Crippen LogP contribution in [-0.4, -0.2) is 43.5 Å². The minimum atomic E-state index is -0.187. The lowest BCUT2D eigenvalue weighted by molar-refractivity contribution is -0.122. The molecule has 1 aliphatic heterocycles. The number of carbonyl (C=O) groups is 1. The van der Waals surface area contributed by atoms with Gasteiger partial charge in [-0.2, -0.15) is 0 Å². The van der Waals surface area contributed by atoms with Crippen LogP contribution in [0.3, 0.4) is 0 Å². The number of nitrogens with zero attached hydrogens (tertiary/aromatic N) is 2. The van der Waals surface area contributed by atoms with Crippen LogP contribution in [0.5, 0.6) is 0 Å². The topological polar surface area (TPSA) is 35.6 Å². The van der Waals surface area contributed by atoms with Crippen LogP contribution in [0.2, 0.25) is 0 Å². The van der Waals surface area contributed by atoms with Gasteiger partial charge < -0.3 is 10.2 Å². The van der Waals surface area contributed by atoms with Gasteiger partial charge in [0, 0.05) is 31.1 Å². The molecule has 1 aliphatic rings. The summed E-state index contributed by atoms with van der Waals surface area (Å²) in [7, 11) is 0. The number of para-hydroxylation sites is 1. The van der Waals surface area contributed by atoms with Crippen LogP contribution in [0, 0.1) is 5.82 Å². The molecule has 1 saturated heterocycles. The summed E-state index contributed by atoms with van der Waals surface area (Å²) in [5, 5.41) is 5.05. The van der Waals surface area contributed by atoms with Crippen molar-refractivity contribution >= 4 is 22.9 Å². The Morgan fingerprint density at radius 3 is 2.62 bits per heavy atom. The van der Waals surface area contributed by atoms with Gasteiger partial charge in [0.2, 0.25) is 5.91 Å². The van der Waals surface area contributed by atoms with Crippen LogP contribution < -0.4 is 10.2 Å². The summed E-state index contributed by atoms with van der Waals surface area (Å²) in [5.74, 6) is -0.149. The maximum atomic E-state index is 13.8. The fraction of sp³-hybridized carbons (Fsp3) is 0.389. The highest BCUT2D eigenvalue weighted by Crippen LogP contribution is 2.20. The largest absolute Gasteiger partial charge is 0.367 e. The molecule has 0 spiro atoms. The van der Waals surface area contributed by atoms with Gasteiger partial charge >= 0.3 is 0 Å². The van der Waals surface area contributed by atoms with Crippen LogP contribution in [0.15, 0.2) is 41.8 Å². The molecule has 0 bridgehead atoms. The summed E-state index contributed by atoms with van der Waals surface area (Å²) in [6, 6.07) is 10.9. The molecule has 1 N–H and O–H groups in total. The highest BCUT2D eigenvalue weighted by Gasteiger charge is 2.21. The summed E-state index contributed by atoms with van der Waals surface area (Å²) in [5.41, 5.74) is 0.646. The smallest absolute Gasteiger partial charge is 0.234 e. The summed E-state index contributed by atoms with van der Waals surface area (Å²) >= 11 is 1.65. The van der Waals surface area contributed by atoms with E-state index in [0.717, 1.165) is 31.1 Å². The molecule has 1 aromatic heterocycles. The normalized spacial score (nSPS) is 16.8. The second kappa shape index (κ2) is 7.77. The number of hydrogen-bond acceptors (Lipinski definition) is 4. The van der Waals surface area contributed by atoms with Crippen molar-refractivity contribution in [2.45, 2.75) is 13.0 Å². The van der Waals surface area contributed by atoms with E-state index in [2.05, 4.69) is 10.2 Å². The lowest BCUT2D eigenvalue weighted by atomic mass is 10.2. The molecule has 4 nitrogen and oxygen atoms in total. The Morgan fingerprint density at radius 2 is 1.96 bits per heavy atom. The Morgan fingerprint density at radius 1 is 1.21 bits per heavy atom. The van der Waals surface area contributed by atoms with Gasteiger partial charge in [0.25, 0.3) is 0 Å². The van der Waals surface area contributed by atoms with Gasteiger partial charge in [0.1, 0.15) is 5.82 Å². The number of thiophene rings is 1. The van der Waals surface area contributed by atoms with Crippen molar-refractivity contribution < 1.29 is 9.18 Å². The average molecular weight is 347 g/mol. The number of carbonyl (C=O) groups excluding carboxylic acids is 1. The molecule has 2 heterocycles.